The van der Waals surface area contributed by atoms with Gasteiger partial charge < -0.3 is 14.7 Å². The average molecular weight is 303 g/mol. The van der Waals surface area contributed by atoms with Crippen molar-refractivity contribution in [2.75, 3.05) is 26.8 Å². The molecule has 1 aromatic rings. The average Bonchev–Trinajstić information content (AvgIpc) is 2.41. The van der Waals surface area contributed by atoms with Gasteiger partial charge in [-0.3, -0.25) is 0 Å². The van der Waals surface area contributed by atoms with Gasteiger partial charge in [0.15, 0.2) is 0 Å². The van der Waals surface area contributed by atoms with Crippen LogP contribution in [0, 0.1) is 5.92 Å². The van der Waals surface area contributed by atoms with Crippen molar-refractivity contribution in [3.8, 4) is 5.75 Å². The minimum atomic E-state index is -4.53. The maximum atomic E-state index is 12.7. The van der Waals surface area contributed by atoms with E-state index in [9.17, 15) is 18.3 Å². The number of alkyl halides is 3. The Morgan fingerprint density at radius 2 is 2.14 bits per heavy atom. The summed E-state index contributed by atoms with van der Waals surface area (Å²) in [6.07, 6.45) is -2.40. The number of aromatic hydroxyl groups is 1. The molecule has 2 rings (SSSR count). The highest BCUT2D eigenvalue weighted by Crippen LogP contribution is 2.36. The van der Waals surface area contributed by atoms with Crippen LogP contribution >= 0.6 is 0 Å². The van der Waals surface area contributed by atoms with Crippen molar-refractivity contribution >= 4 is 0 Å². The molecular weight excluding hydrogens is 283 g/mol. The molecule has 0 aromatic heterocycles. The van der Waals surface area contributed by atoms with E-state index in [1.807, 2.05) is 11.9 Å². The molecule has 0 amide bonds. The molecule has 1 N–H and O–H groups in total. The SMILES string of the molecule is CN(Cc1ccc(O)c(C(F)(F)F)c1)CC1CCCOC1. The fourth-order valence-electron chi connectivity index (χ4n) is 2.68. The van der Waals surface area contributed by atoms with E-state index in [0.717, 1.165) is 38.1 Å². The van der Waals surface area contributed by atoms with Gasteiger partial charge in [0.05, 0.1) is 12.2 Å². The van der Waals surface area contributed by atoms with E-state index in [4.69, 9.17) is 4.74 Å². The van der Waals surface area contributed by atoms with Crippen molar-refractivity contribution in [1.82, 2.24) is 4.90 Å². The zero-order valence-corrected chi connectivity index (χ0v) is 12.0. The Kier molecular flexibility index (Phi) is 5.11. The predicted molar refractivity (Wildman–Crippen MR) is 73.0 cm³/mol. The van der Waals surface area contributed by atoms with Crippen LogP contribution in [0.15, 0.2) is 18.2 Å². The van der Waals surface area contributed by atoms with E-state index in [-0.39, 0.29) is 0 Å². The minimum absolute atomic E-state index is 0.417. The molecule has 21 heavy (non-hydrogen) atoms. The molecule has 1 unspecified atom stereocenters. The van der Waals surface area contributed by atoms with Crippen molar-refractivity contribution in [2.24, 2.45) is 5.92 Å². The smallest absolute Gasteiger partial charge is 0.419 e. The summed E-state index contributed by atoms with van der Waals surface area (Å²) in [5.74, 6) is -0.294. The Hall–Kier alpha value is -1.27. The zero-order chi connectivity index (χ0) is 15.5. The van der Waals surface area contributed by atoms with E-state index in [0.29, 0.717) is 24.6 Å². The lowest BCUT2D eigenvalue weighted by atomic mass is 10.0. The molecule has 0 spiro atoms. The first-order valence-electron chi connectivity index (χ1n) is 7.01. The molecule has 1 aliphatic rings. The van der Waals surface area contributed by atoms with Crippen LogP contribution in [-0.4, -0.2) is 36.8 Å². The van der Waals surface area contributed by atoms with Gasteiger partial charge in [-0.1, -0.05) is 6.07 Å². The van der Waals surface area contributed by atoms with E-state index in [1.165, 1.54) is 6.07 Å². The molecule has 6 heteroatoms. The molecule has 1 saturated heterocycles. The molecule has 1 atom stereocenters. The predicted octanol–water partition coefficient (Wildman–Crippen LogP) is 3.27. The lowest BCUT2D eigenvalue weighted by molar-refractivity contribution is -0.138. The fraction of sp³-hybridized carbons (Fsp3) is 0.600. The Morgan fingerprint density at radius 3 is 2.76 bits per heavy atom. The minimum Gasteiger partial charge on any atom is -0.507 e. The molecular formula is C15H20F3NO2. The Morgan fingerprint density at radius 1 is 1.38 bits per heavy atom. The van der Waals surface area contributed by atoms with Crippen molar-refractivity contribution in [1.29, 1.82) is 0 Å². The highest BCUT2D eigenvalue weighted by molar-refractivity contribution is 5.38. The molecule has 1 aromatic carbocycles. The lowest BCUT2D eigenvalue weighted by Gasteiger charge is -2.27. The van der Waals surface area contributed by atoms with Gasteiger partial charge in [-0.25, -0.2) is 0 Å². The van der Waals surface area contributed by atoms with Crippen LogP contribution in [0.4, 0.5) is 13.2 Å². The standard InChI is InChI=1S/C15H20F3NO2/c1-19(9-12-3-2-6-21-10-12)8-11-4-5-14(20)13(7-11)15(16,17)18/h4-5,7,12,20H,2-3,6,8-10H2,1H3. The van der Waals surface area contributed by atoms with Crippen LogP contribution < -0.4 is 0 Å². The molecule has 0 bridgehead atoms. The largest absolute Gasteiger partial charge is 0.507 e. The topological polar surface area (TPSA) is 32.7 Å². The normalized spacial score (nSPS) is 20.0. The van der Waals surface area contributed by atoms with Crippen molar-refractivity contribution in [3.63, 3.8) is 0 Å². The molecule has 1 heterocycles. The van der Waals surface area contributed by atoms with Crippen LogP contribution in [0.5, 0.6) is 5.75 Å². The van der Waals surface area contributed by atoms with Crippen molar-refractivity contribution in [3.05, 3.63) is 29.3 Å². The third kappa shape index (κ3) is 4.61. The summed E-state index contributed by atoms with van der Waals surface area (Å²) >= 11 is 0. The van der Waals surface area contributed by atoms with Gasteiger partial charge in [-0.05, 0) is 43.5 Å². The molecule has 1 aliphatic heterocycles. The fourth-order valence-corrected chi connectivity index (χ4v) is 2.68. The summed E-state index contributed by atoms with van der Waals surface area (Å²) in [6.45, 7) is 2.73. The van der Waals surface area contributed by atoms with Gasteiger partial charge >= 0.3 is 6.18 Å². The highest BCUT2D eigenvalue weighted by atomic mass is 19.4. The van der Waals surface area contributed by atoms with E-state index in [1.54, 1.807) is 0 Å². The number of hydrogen-bond donors (Lipinski definition) is 1. The van der Waals surface area contributed by atoms with Crippen LogP contribution in [-0.2, 0) is 17.5 Å². The van der Waals surface area contributed by atoms with Crippen LogP contribution in [0.1, 0.15) is 24.0 Å². The van der Waals surface area contributed by atoms with Gasteiger partial charge in [-0.2, -0.15) is 13.2 Å². The Labute approximate surface area is 122 Å². The number of rotatable bonds is 4. The number of halogens is 3. The number of benzene rings is 1. The third-order valence-electron chi connectivity index (χ3n) is 3.64. The van der Waals surface area contributed by atoms with Crippen molar-refractivity contribution in [2.45, 2.75) is 25.6 Å². The molecule has 118 valence electrons. The quantitative estimate of drug-likeness (QED) is 0.926. The van der Waals surface area contributed by atoms with Gasteiger partial charge in [0, 0.05) is 19.7 Å². The number of nitrogens with zero attached hydrogens (tertiary/aromatic N) is 1. The maximum Gasteiger partial charge on any atom is 0.419 e. The van der Waals surface area contributed by atoms with E-state index < -0.39 is 17.5 Å². The number of ether oxygens (including phenoxy) is 1. The number of phenols is 1. The van der Waals surface area contributed by atoms with Gasteiger partial charge in [-0.15, -0.1) is 0 Å². The zero-order valence-electron chi connectivity index (χ0n) is 12.0. The first-order chi connectivity index (χ1) is 9.86. The Bertz CT molecular complexity index is 470. The summed E-state index contributed by atoms with van der Waals surface area (Å²) in [4.78, 5) is 1.99. The number of phenolic OH excluding ortho intramolecular Hbond substituents is 1. The van der Waals surface area contributed by atoms with E-state index >= 15 is 0 Å². The molecule has 1 fully saturated rings. The lowest BCUT2D eigenvalue weighted by Crippen LogP contribution is -2.30. The van der Waals surface area contributed by atoms with Crippen LogP contribution in [0.25, 0.3) is 0 Å². The third-order valence-corrected chi connectivity index (χ3v) is 3.64. The van der Waals surface area contributed by atoms with E-state index in [2.05, 4.69) is 0 Å². The van der Waals surface area contributed by atoms with Crippen molar-refractivity contribution < 1.29 is 23.0 Å². The molecule has 0 aliphatic carbocycles. The summed E-state index contributed by atoms with van der Waals surface area (Å²) in [6, 6.07) is 3.65. The molecule has 0 saturated carbocycles. The number of hydrogen-bond acceptors (Lipinski definition) is 3. The first-order valence-corrected chi connectivity index (χ1v) is 7.01. The highest BCUT2D eigenvalue weighted by Gasteiger charge is 2.34. The summed E-state index contributed by atoms with van der Waals surface area (Å²) in [5.41, 5.74) is -0.436. The molecule has 3 nitrogen and oxygen atoms in total. The second kappa shape index (κ2) is 6.66. The van der Waals surface area contributed by atoms with Gasteiger partial charge in [0.25, 0.3) is 0 Å². The first kappa shape index (κ1) is 16.1. The van der Waals surface area contributed by atoms with Crippen LogP contribution in [0.3, 0.4) is 0 Å². The van der Waals surface area contributed by atoms with Gasteiger partial charge in [0.1, 0.15) is 5.75 Å². The van der Waals surface area contributed by atoms with Crippen LogP contribution in [0.2, 0.25) is 0 Å². The second-order valence-electron chi connectivity index (χ2n) is 5.63. The summed E-state index contributed by atoms with van der Waals surface area (Å²) in [5, 5.41) is 9.32. The summed E-state index contributed by atoms with van der Waals surface area (Å²) in [7, 11) is 1.88. The van der Waals surface area contributed by atoms with Gasteiger partial charge in [0.2, 0.25) is 0 Å². The summed E-state index contributed by atoms with van der Waals surface area (Å²) < 4.78 is 43.7. The monoisotopic (exact) mass is 303 g/mol. The second-order valence-corrected chi connectivity index (χ2v) is 5.63. The Balaban J connectivity index is 1.98. The maximum absolute atomic E-state index is 12.7. The molecule has 0 radical (unpaired) electrons.